The van der Waals surface area contributed by atoms with Gasteiger partial charge >= 0.3 is 0 Å². The number of hydrogen-bond acceptors (Lipinski definition) is 3. The van der Waals surface area contributed by atoms with Crippen molar-refractivity contribution in [2.75, 3.05) is 5.73 Å². The van der Waals surface area contributed by atoms with E-state index in [1.54, 1.807) is 24.4 Å². The van der Waals surface area contributed by atoms with Gasteiger partial charge in [-0.2, -0.15) is 0 Å². The Kier molecular flexibility index (Phi) is 2.56. The molecule has 1 aliphatic rings. The number of rotatable bonds is 1. The number of allylic oxidation sites excluding steroid dienone is 4. The summed E-state index contributed by atoms with van der Waals surface area (Å²) in [5.74, 6) is -0.0808. The monoisotopic (exact) mass is 220 g/mol. The van der Waals surface area contributed by atoms with Crippen LogP contribution in [0.4, 0.5) is 5.82 Å². The second kappa shape index (κ2) is 3.87. The predicted octanol–water partition coefficient (Wildman–Crippen LogP) is 2.10. The molecule has 1 atom stereocenters. The van der Waals surface area contributed by atoms with Crippen LogP contribution in [0.1, 0.15) is 11.5 Å². The summed E-state index contributed by atoms with van der Waals surface area (Å²) in [5, 5.41) is 0.357. The summed E-state index contributed by atoms with van der Waals surface area (Å²) in [6.07, 6.45) is 8.40. The molecule has 1 unspecified atom stereocenters. The molecule has 0 fully saturated rings. The molecule has 0 saturated heterocycles. The van der Waals surface area contributed by atoms with Crippen molar-refractivity contribution < 1.29 is 4.79 Å². The first-order valence-electron chi connectivity index (χ1n) is 4.48. The highest BCUT2D eigenvalue weighted by Crippen LogP contribution is 2.30. The minimum Gasteiger partial charge on any atom is -0.382 e. The second-order valence-corrected chi connectivity index (χ2v) is 3.60. The van der Waals surface area contributed by atoms with Gasteiger partial charge in [-0.25, -0.2) is 4.98 Å². The number of aromatic nitrogens is 1. The molecule has 0 amide bonds. The van der Waals surface area contributed by atoms with Crippen molar-refractivity contribution >= 4 is 23.2 Å². The number of carbonyl (C=O) groups excluding carboxylic acids is 1. The van der Waals surface area contributed by atoms with Gasteiger partial charge in [0.2, 0.25) is 0 Å². The van der Waals surface area contributed by atoms with Crippen molar-refractivity contribution in [3.05, 3.63) is 47.2 Å². The Hall–Kier alpha value is -1.61. The van der Waals surface area contributed by atoms with Crippen LogP contribution < -0.4 is 5.73 Å². The zero-order valence-corrected chi connectivity index (χ0v) is 8.61. The summed E-state index contributed by atoms with van der Waals surface area (Å²) >= 11 is 5.99. The normalized spacial score (nSPS) is 19.5. The summed E-state index contributed by atoms with van der Waals surface area (Å²) in [6.45, 7) is 0. The average molecular weight is 221 g/mol. The minimum absolute atomic E-state index is 0.00463. The third-order valence-corrected chi connectivity index (χ3v) is 2.67. The van der Waals surface area contributed by atoms with E-state index in [-0.39, 0.29) is 17.5 Å². The zero-order valence-electron chi connectivity index (χ0n) is 7.85. The first-order valence-corrected chi connectivity index (χ1v) is 4.86. The summed E-state index contributed by atoms with van der Waals surface area (Å²) in [7, 11) is 0. The van der Waals surface area contributed by atoms with E-state index in [0.29, 0.717) is 10.6 Å². The molecule has 1 aliphatic carbocycles. The molecular weight excluding hydrogens is 212 g/mol. The van der Waals surface area contributed by atoms with Gasteiger partial charge in [-0.05, 0) is 17.7 Å². The fraction of sp³-hybridized carbons (Fsp3) is 0.0909. The van der Waals surface area contributed by atoms with E-state index in [4.69, 9.17) is 17.3 Å². The smallest absolute Gasteiger partial charge is 0.166 e. The number of nitrogens with zero attached hydrogens (tertiary/aromatic N) is 1. The maximum absolute atomic E-state index is 11.6. The van der Waals surface area contributed by atoms with Crippen molar-refractivity contribution in [2.24, 2.45) is 0 Å². The first-order chi connectivity index (χ1) is 7.20. The molecule has 0 spiro atoms. The van der Waals surface area contributed by atoms with Gasteiger partial charge in [0.15, 0.2) is 5.78 Å². The fourth-order valence-corrected chi connectivity index (χ4v) is 1.73. The van der Waals surface area contributed by atoms with E-state index in [1.807, 2.05) is 6.08 Å². The van der Waals surface area contributed by atoms with Crippen LogP contribution in [0.25, 0.3) is 0 Å². The third kappa shape index (κ3) is 1.78. The molecule has 0 aromatic carbocycles. The molecule has 2 N–H and O–H groups in total. The molecule has 0 bridgehead atoms. The van der Waals surface area contributed by atoms with Crippen LogP contribution in [0.2, 0.25) is 5.02 Å². The van der Waals surface area contributed by atoms with Crippen molar-refractivity contribution in [2.45, 2.75) is 5.92 Å². The van der Waals surface area contributed by atoms with Gasteiger partial charge in [-0.15, -0.1) is 0 Å². The molecule has 15 heavy (non-hydrogen) atoms. The van der Waals surface area contributed by atoms with E-state index in [2.05, 4.69) is 4.98 Å². The highest BCUT2D eigenvalue weighted by molar-refractivity contribution is 6.34. The summed E-state index contributed by atoms with van der Waals surface area (Å²) < 4.78 is 0. The van der Waals surface area contributed by atoms with Crippen molar-refractivity contribution in [1.29, 1.82) is 0 Å². The Bertz CT molecular complexity index is 466. The van der Waals surface area contributed by atoms with Crippen LogP contribution >= 0.6 is 11.6 Å². The first kappa shape index (κ1) is 9.93. The Morgan fingerprint density at radius 3 is 2.93 bits per heavy atom. The average Bonchev–Trinajstić information content (AvgIpc) is 2.23. The highest BCUT2D eigenvalue weighted by atomic mass is 35.5. The third-order valence-electron chi connectivity index (χ3n) is 2.26. The van der Waals surface area contributed by atoms with Gasteiger partial charge in [0.1, 0.15) is 5.82 Å². The van der Waals surface area contributed by atoms with Crippen molar-refractivity contribution in [3.63, 3.8) is 0 Å². The Balaban J connectivity index is 2.46. The maximum Gasteiger partial charge on any atom is 0.166 e. The highest BCUT2D eigenvalue weighted by Gasteiger charge is 2.20. The lowest BCUT2D eigenvalue weighted by Gasteiger charge is -2.14. The van der Waals surface area contributed by atoms with Crippen LogP contribution in [-0.4, -0.2) is 10.8 Å². The number of ketones is 1. The van der Waals surface area contributed by atoms with Gasteiger partial charge in [-0.3, -0.25) is 4.79 Å². The number of nitrogen functional groups attached to an aromatic ring is 1. The van der Waals surface area contributed by atoms with Crippen LogP contribution in [0, 0.1) is 0 Å². The van der Waals surface area contributed by atoms with Crippen LogP contribution in [0.15, 0.2) is 36.6 Å². The van der Waals surface area contributed by atoms with Gasteiger partial charge in [0, 0.05) is 6.20 Å². The minimum atomic E-state index is -0.340. The van der Waals surface area contributed by atoms with E-state index in [9.17, 15) is 4.79 Å². The van der Waals surface area contributed by atoms with Gasteiger partial charge < -0.3 is 5.73 Å². The van der Waals surface area contributed by atoms with E-state index in [0.717, 1.165) is 0 Å². The molecule has 76 valence electrons. The number of carbonyl (C=O) groups is 1. The molecule has 0 aliphatic heterocycles. The largest absolute Gasteiger partial charge is 0.382 e. The quantitative estimate of drug-likeness (QED) is 0.789. The van der Waals surface area contributed by atoms with Crippen molar-refractivity contribution in [1.82, 2.24) is 4.98 Å². The van der Waals surface area contributed by atoms with E-state index in [1.165, 1.54) is 6.08 Å². The lowest BCUT2D eigenvalue weighted by molar-refractivity contribution is -0.115. The molecule has 1 aromatic heterocycles. The summed E-state index contributed by atoms with van der Waals surface area (Å²) in [6, 6.07) is 1.71. The SMILES string of the molecule is Nc1nccc(C2C=CC=CC2=O)c1Cl. The zero-order chi connectivity index (χ0) is 10.8. The van der Waals surface area contributed by atoms with Gasteiger partial charge in [0.25, 0.3) is 0 Å². The molecule has 4 heteroatoms. The van der Waals surface area contributed by atoms with E-state index >= 15 is 0 Å². The predicted molar refractivity (Wildman–Crippen MR) is 59.7 cm³/mol. The second-order valence-electron chi connectivity index (χ2n) is 3.22. The molecule has 2 rings (SSSR count). The van der Waals surface area contributed by atoms with Gasteiger partial charge in [-0.1, -0.05) is 29.8 Å². The number of hydrogen-bond donors (Lipinski definition) is 1. The Morgan fingerprint density at radius 2 is 2.20 bits per heavy atom. The Labute approximate surface area is 92.3 Å². The molecule has 1 aromatic rings. The molecule has 0 radical (unpaired) electrons. The number of nitrogens with two attached hydrogens (primary N) is 1. The van der Waals surface area contributed by atoms with E-state index < -0.39 is 0 Å². The topological polar surface area (TPSA) is 56.0 Å². The van der Waals surface area contributed by atoms with Crippen LogP contribution in [0.5, 0.6) is 0 Å². The number of halogens is 1. The van der Waals surface area contributed by atoms with Crippen LogP contribution in [-0.2, 0) is 4.79 Å². The fourth-order valence-electron chi connectivity index (χ4n) is 1.50. The number of anilines is 1. The molecule has 1 heterocycles. The number of pyridine rings is 1. The standard InChI is InChI=1S/C11H9ClN2O/c12-10-8(5-6-14-11(10)13)7-3-1-2-4-9(7)15/h1-7H,(H2,13,14). The van der Waals surface area contributed by atoms with Gasteiger partial charge in [0.05, 0.1) is 10.9 Å². The lowest BCUT2D eigenvalue weighted by Crippen LogP contribution is -2.11. The maximum atomic E-state index is 11.6. The molecule has 0 saturated carbocycles. The molecular formula is C11H9ClN2O. The Morgan fingerprint density at radius 1 is 1.40 bits per heavy atom. The van der Waals surface area contributed by atoms with Crippen LogP contribution in [0.3, 0.4) is 0 Å². The summed E-state index contributed by atoms with van der Waals surface area (Å²) in [5.41, 5.74) is 6.28. The van der Waals surface area contributed by atoms with Crippen molar-refractivity contribution in [3.8, 4) is 0 Å². The molecule has 3 nitrogen and oxygen atoms in total. The summed E-state index contributed by atoms with van der Waals surface area (Å²) in [4.78, 5) is 15.5. The lowest BCUT2D eigenvalue weighted by atomic mass is 9.92.